The molecule has 1 aromatic carbocycles. The molecular formula is C15H19BrN4. The molecule has 0 aliphatic heterocycles. The van der Waals surface area contributed by atoms with Crippen molar-refractivity contribution in [3.05, 3.63) is 40.5 Å². The van der Waals surface area contributed by atoms with Gasteiger partial charge in [-0.3, -0.25) is 0 Å². The maximum atomic E-state index is 4.48. The molecule has 0 spiro atoms. The molecule has 2 aromatic rings. The Hall–Kier alpha value is -1.62. The summed E-state index contributed by atoms with van der Waals surface area (Å²) in [6, 6.07) is 8.33. The van der Waals surface area contributed by atoms with Crippen LogP contribution in [0.4, 0.5) is 17.5 Å². The lowest BCUT2D eigenvalue weighted by molar-refractivity contribution is 0.952. The van der Waals surface area contributed by atoms with Gasteiger partial charge in [0.2, 0.25) is 5.95 Å². The zero-order valence-corrected chi connectivity index (χ0v) is 13.4. The van der Waals surface area contributed by atoms with E-state index in [4.69, 9.17) is 0 Å². The lowest BCUT2D eigenvalue weighted by Gasteiger charge is -2.10. The maximum Gasteiger partial charge on any atom is 0.224 e. The Bertz CT molecular complexity index is 572. The molecule has 0 fully saturated rings. The standard InChI is InChI=1S/C15H19BrN4/c1-3-8-17-15-18-10-13(16)14(20-15)19-12-7-5-6-11(4-2)9-12/h5-7,9-10H,3-4,8H2,1-2H3,(H2,17,18,19,20). The highest BCUT2D eigenvalue weighted by Crippen LogP contribution is 2.24. The second-order valence-corrected chi connectivity index (χ2v) is 5.35. The average Bonchev–Trinajstić information content (AvgIpc) is 2.48. The third kappa shape index (κ3) is 3.93. The van der Waals surface area contributed by atoms with E-state index in [9.17, 15) is 0 Å². The summed E-state index contributed by atoms with van der Waals surface area (Å²) in [5, 5.41) is 6.51. The lowest BCUT2D eigenvalue weighted by atomic mass is 10.1. The smallest absolute Gasteiger partial charge is 0.224 e. The summed E-state index contributed by atoms with van der Waals surface area (Å²) in [4.78, 5) is 8.72. The van der Waals surface area contributed by atoms with Gasteiger partial charge >= 0.3 is 0 Å². The molecule has 0 radical (unpaired) electrons. The highest BCUT2D eigenvalue weighted by Gasteiger charge is 2.05. The number of nitrogens with zero attached hydrogens (tertiary/aromatic N) is 2. The van der Waals surface area contributed by atoms with Crippen molar-refractivity contribution < 1.29 is 0 Å². The average molecular weight is 335 g/mol. The molecule has 0 amide bonds. The summed E-state index contributed by atoms with van der Waals surface area (Å²) in [6.45, 7) is 5.13. The minimum atomic E-state index is 0.643. The van der Waals surface area contributed by atoms with E-state index in [0.717, 1.165) is 35.4 Å². The molecule has 1 heterocycles. The van der Waals surface area contributed by atoms with Gasteiger partial charge in [-0.2, -0.15) is 4.98 Å². The number of hydrogen-bond acceptors (Lipinski definition) is 4. The Morgan fingerprint density at radius 3 is 2.85 bits per heavy atom. The Balaban J connectivity index is 2.18. The molecule has 0 aliphatic carbocycles. The molecule has 20 heavy (non-hydrogen) atoms. The zero-order valence-electron chi connectivity index (χ0n) is 11.8. The van der Waals surface area contributed by atoms with Crippen LogP contribution < -0.4 is 10.6 Å². The van der Waals surface area contributed by atoms with E-state index in [0.29, 0.717) is 5.95 Å². The Labute approximate surface area is 128 Å². The first kappa shape index (κ1) is 14.8. The molecule has 2 rings (SSSR count). The summed E-state index contributed by atoms with van der Waals surface area (Å²) in [5.41, 5.74) is 2.33. The van der Waals surface area contributed by atoms with Crippen LogP contribution in [0.1, 0.15) is 25.8 Å². The molecule has 0 unspecified atom stereocenters. The van der Waals surface area contributed by atoms with Crippen LogP contribution in [0, 0.1) is 0 Å². The van der Waals surface area contributed by atoms with Crippen LogP contribution in [-0.2, 0) is 6.42 Å². The van der Waals surface area contributed by atoms with Crippen molar-refractivity contribution in [2.75, 3.05) is 17.2 Å². The van der Waals surface area contributed by atoms with Gasteiger partial charge in [-0.15, -0.1) is 0 Å². The van der Waals surface area contributed by atoms with Crippen molar-refractivity contribution >= 4 is 33.4 Å². The molecule has 0 atom stereocenters. The first-order chi connectivity index (χ1) is 9.72. The Morgan fingerprint density at radius 1 is 1.25 bits per heavy atom. The number of benzene rings is 1. The normalized spacial score (nSPS) is 10.3. The first-order valence-electron chi connectivity index (χ1n) is 6.85. The van der Waals surface area contributed by atoms with Crippen LogP contribution >= 0.6 is 15.9 Å². The Kier molecular flexibility index (Phi) is 5.35. The van der Waals surface area contributed by atoms with Gasteiger partial charge in [0, 0.05) is 18.4 Å². The molecule has 4 nitrogen and oxygen atoms in total. The number of rotatable bonds is 6. The van der Waals surface area contributed by atoms with Crippen molar-refractivity contribution in [3.63, 3.8) is 0 Å². The molecule has 0 bridgehead atoms. The summed E-state index contributed by atoms with van der Waals surface area (Å²) in [7, 11) is 0. The van der Waals surface area contributed by atoms with E-state index in [-0.39, 0.29) is 0 Å². The fourth-order valence-corrected chi connectivity index (χ4v) is 2.07. The fourth-order valence-electron chi connectivity index (χ4n) is 1.78. The number of aromatic nitrogens is 2. The number of anilines is 3. The van der Waals surface area contributed by atoms with Gasteiger partial charge < -0.3 is 10.6 Å². The van der Waals surface area contributed by atoms with Gasteiger partial charge in [-0.05, 0) is 46.5 Å². The number of nitrogens with one attached hydrogen (secondary N) is 2. The van der Waals surface area contributed by atoms with Crippen molar-refractivity contribution in [3.8, 4) is 0 Å². The van der Waals surface area contributed by atoms with Gasteiger partial charge in [0.15, 0.2) is 0 Å². The minimum absolute atomic E-state index is 0.643. The van der Waals surface area contributed by atoms with Crippen molar-refractivity contribution in [1.82, 2.24) is 9.97 Å². The predicted octanol–water partition coefficient (Wildman–Crippen LogP) is 4.37. The van der Waals surface area contributed by atoms with Crippen LogP contribution in [0.3, 0.4) is 0 Å². The molecular weight excluding hydrogens is 316 g/mol. The van der Waals surface area contributed by atoms with Crippen LogP contribution in [0.15, 0.2) is 34.9 Å². The van der Waals surface area contributed by atoms with Crippen LogP contribution in [0.5, 0.6) is 0 Å². The van der Waals surface area contributed by atoms with Crippen molar-refractivity contribution in [2.24, 2.45) is 0 Å². The molecule has 0 aliphatic rings. The summed E-state index contributed by atoms with van der Waals surface area (Å²) in [6.07, 6.45) is 3.82. The fraction of sp³-hybridized carbons (Fsp3) is 0.333. The summed E-state index contributed by atoms with van der Waals surface area (Å²) in [5.74, 6) is 1.41. The third-order valence-corrected chi connectivity index (χ3v) is 3.46. The molecule has 0 saturated heterocycles. The quantitative estimate of drug-likeness (QED) is 0.823. The van der Waals surface area contributed by atoms with E-state index >= 15 is 0 Å². The topological polar surface area (TPSA) is 49.8 Å². The number of halogens is 1. The third-order valence-electron chi connectivity index (χ3n) is 2.88. The monoisotopic (exact) mass is 334 g/mol. The van der Waals surface area contributed by atoms with Gasteiger partial charge in [0.05, 0.1) is 4.47 Å². The van der Waals surface area contributed by atoms with E-state index < -0.39 is 0 Å². The summed E-state index contributed by atoms with van der Waals surface area (Å²) < 4.78 is 0.849. The van der Waals surface area contributed by atoms with Crippen LogP contribution in [0.25, 0.3) is 0 Å². The molecule has 1 aromatic heterocycles. The van der Waals surface area contributed by atoms with Crippen LogP contribution in [-0.4, -0.2) is 16.5 Å². The lowest BCUT2D eigenvalue weighted by Crippen LogP contribution is -2.06. The highest BCUT2D eigenvalue weighted by molar-refractivity contribution is 9.10. The highest BCUT2D eigenvalue weighted by atomic mass is 79.9. The second kappa shape index (κ2) is 7.24. The van der Waals surface area contributed by atoms with E-state index in [1.165, 1.54) is 5.56 Å². The maximum absolute atomic E-state index is 4.48. The SMILES string of the molecule is CCCNc1ncc(Br)c(Nc2cccc(CC)c2)n1. The van der Waals surface area contributed by atoms with Crippen molar-refractivity contribution in [1.29, 1.82) is 0 Å². The summed E-state index contributed by atoms with van der Waals surface area (Å²) >= 11 is 3.48. The zero-order chi connectivity index (χ0) is 14.4. The molecule has 0 saturated carbocycles. The first-order valence-corrected chi connectivity index (χ1v) is 7.64. The number of aryl methyl sites for hydroxylation is 1. The van der Waals surface area contributed by atoms with Gasteiger partial charge in [-0.1, -0.05) is 26.0 Å². The second-order valence-electron chi connectivity index (χ2n) is 4.50. The largest absolute Gasteiger partial charge is 0.354 e. The predicted molar refractivity (Wildman–Crippen MR) is 87.6 cm³/mol. The molecule has 5 heteroatoms. The van der Waals surface area contributed by atoms with E-state index in [2.05, 4.69) is 62.5 Å². The van der Waals surface area contributed by atoms with Crippen molar-refractivity contribution in [2.45, 2.75) is 26.7 Å². The minimum Gasteiger partial charge on any atom is -0.354 e. The van der Waals surface area contributed by atoms with E-state index in [1.807, 2.05) is 12.1 Å². The van der Waals surface area contributed by atoms with Gasteiger partial charge in [0.25, 0.3) is 0 Å². The van der Waals surface area contributed by atoms with Gasteiger partial charge in [0.1, 0.15) is 5.82 Å². The Morgan fingerprint density at radius 2 is 2.10 bits per heavy atom. The molecule has 106 valence electrons. The van der Waals surface area contributed by atoms with Gasteiger partial charge in [-0.25, -0.2) is 4.98 Å². The van der Waals surface area contributed by atoms with Crippen LogP contribution in [0.2, 0.25) is 0 Å². The number of hydrogen-bond donors (Lipinski definition) is 2. The van der Waals surface area contributed by atoms with E-state index in [1.54, 1.807) is 6.20 Å². The molecule has 2 N–H and O–H groups in total.